The number of carbonyl (C=O) groups excluding carboxylic acids is 1. The first-order valence-electron chi connectivity index (χ1n) is 7.06. The summed E-state index contributed by atoms with van der Waals surface area (Å²) in [6.45, 7) is 6.26. The number of amides is 1. The van der Waals surface area contributed by atoms with Crippen LogP contribution in [0.25, 0.3) is 0 Å². The molecule has 1 rings (SSSR count). The van der Waals surface area contributed by atoms with Gasteiger partial charge in [0.25, 0.3) is 0 Å². The Morgan fingerprint density at radius 3 is 2.53 bits per heavy atom. The highest BCUT2D eigenvalue weighted by Gasteiger charge is 2.48. The fourth-order valence-corrected chi connectivity index (χ4v) is 2.81. The zero-order valence-electron chi connectivity index (χ0n) is 12.2. The number of nitrogens with zero attached hydrogens (tertiary/aromatic N) is 1. The van der Waals surface area contributed by atoms with Crippen molar-refractivity contribution in [1.29, 1.82) is 0 Å². The second kappa shape index (κ2) is 5.90. The molecule has 0 bridgehead atoms. The van der Waals surface area contributed by atoms with Crippen LogP contribution in [0.3, 0.4) is 0 Å². The van der Waals surface area contributed by atoms with Gasteiger partial charge in [-0.25, -0.2) is 4.79 Å². The molecule has 3 N–H and O–H groups in total. The molecular weight excluding hydrogens is 244 g/mol. The lowest BCUT2D eigenvalue weighted by atomic mass is 9.90. The smallest absolute Gasteiger partial charge is 0.329 e. The van der Waals surface area contributed by atoms with Crippen molar-refractivity contribution in [2.45, 2.75) is 70.4 Å². The molecule has 1 fully saturated rings. The van der Waals surface area contributed by atoms with Crippen molar-refractivity contribution >= 4 is 11.9 Å². The number of nitrogens with two attached hydrogens (primary N) is 1. The SMILES string of the molecule is CCCC1(C(=O)O)CCCN1C(=O)CCC(C)(C)N. The van der Waals surface area contributed by atoms with E-state index >= 15 is 0 Å². The van der Waals surface area contributed by atoms with Gasteiger partial charge in [-0.3, -0.25) is 4.79 Å². The van der Waals surface area contributed by atoms with Crippen LogP contribution in [0, 0.1) is 0 Å². The monoisotopic (exact) mass is 270 g/mol. The van der Waals surface area contributed by atoms with Crippen molar-refractivity contribution in [1.82, 2.24) is 4.90 Å². The van der Waals surface area contributed by atoms with Crippen molar-refractivity contribution in [2.75, 3.05) is 6.54 Å². The Labute approximate surface area is 115 Å². The summed E-state index contributed by atoms with van der Waals surface area (Å²) in [5.41, 5.74) is 4.50. The molecular formula is C14H26N2O3. The van der Waals surface area contributed by atoms with Crippen LogP contribution >= 0.6 is 0 Å². The highest BCUT2D eigenvalue weighted by atomic mass is 16.4. The van der Waals surface area contributed by atoms with Gasteiger partial charge < -0.3 is 15.7 Å². The molecule has 5 nitrogen and oxygen atoms in total. The number of carboxylic acid groups (broad SMARTS) is 1. The van der Waals surface area contributed by atoms with Gasteiger partial charge in [0.05, 0.1) is 0 Å². The Balaban J connectivity index is 2.79. The first-order valence-corrected chi connectivity index (χ1v) is 7.06. The summed E-state index contributed by atoms with van der Waals surface area (Å²) < 4.78 is 0. The largest absolute Gasteiger partial charge is 0.479 e. The second-order valence-corrected chi connectivity index (χ2v) is 6.22. The summed E-state index contributed by atoms with van der Waals surface area (Å²) in [7, 11) is 0. The number of rotatable bonds is 6. The molecule has 0 aliphatic carbocycles. The standard InChI is InChI=1S/C14H26N2O3/c1-4-7-14(12(18)19)8-5-10-16(14)11(17)6-9-13(2,3)15/h4-10,15H2,1-3H3,(H,18,19). The van der Waals surface area contributed by atoms with Gasteiger partial charge in [-0.05, 0) is 39.5 Å². The topological polar surface area (TPSA) is 83.6 Å². The van der Waals surface area contributed by atoms with E-state index in [9.17, 15) is 14.7 Å². The molecule has 1 aliphatic rings. The first kappa shape index (κ1) is 16.0. The lowest BCUT2D eigenvalue weighted by Crippen LogP contribution is -2.53. The Bertz CT molecular complexity index is 349. The lowest BCUT2D eigenvalue weighted by Gasteiger charge is -2.35. The van der Waals surface area contributed by atoms with Gasteiger partial charge in [0.1, 0.15) is 5.54 Å². The average Bonchev–Trinajstić information content (AvgIpc) is 2.70. The van der Waals surface area contributed by atoms with Gasteiger partial charge in [0.2, 0.25) is 5.91 Å². The molecule has 19 heavy (non-hydrogen) atoms. The van der Waals surface area contributed by atoms with Crippen LogP contribution in [0.1, 0.15) is 59.3 Å². The van der Waals surface area contributed by atoms with Crippen molar-refractivity contribution in [3.8, 4) is 0 Å². The molecule has 0 radical (unpaired) electrons. The maximum atomic E-state index is 12.3. The molecule has 5 heteroatoms. The third-order valence-corrected chi connectivity index (χ3v) is 3.83. The normalized spacial score (nSPS) is 23.7. The predicted octanol–water partition coefficient (Wildman–Crippen LogP) is 1.75. The van der Waals surface area contributed by atoms with E-state index in [2.05, 4.69) is 0 Å². The second-order valence-electron chi connectivity index (χ2n) is 6.22. The number of carbonyl (C=O) groups is 2. The Morgan fingerprint density at radius 2 is 2.05 bits per heavy atom. The number of aliphatic carboxylic acids is 1. The average molecular weight is 270 g/mol. The maximum absolute atomic E-state index is 12.3. The Morgan fingerprint density at radius 1 is 1.42 bits per heavy atom. The summed E-state index contributed by atoms with van der Waals surface area (Å²) in [6, 6.07) is 0. The summed E-state index contributed by atoms with van der Waals surface area (Å²) in [5.74, 6) is -0.945. The minimum Gasteiger partial charge on any atom is -0.479 e. The molecule has 1 unspecified atom stereocenters. The molecule has 110 valence electrons. The van der Waals surface area contributed by atoms with Crippen LogP contribution in [0.2, 0.25) is 0 Å². The molecule has 0 spiro atoms. The van der Waals surface area contributed by atoms with Crippen molar-refractivity contribution in [2.24, 2.45) is 5.73 Å². The van der Waals surface area contributed by atoms with Gasteiger partial charge >= 0.3 is 5.97 Å². The molecule has 1 aliphatic heterocycles. The van der Waals surface area contributed by atoms with E-state index in [4.69, 9.17) is 5.73 Å². The van der Waals surface area contributed by atoms with Gasteiger partial charge in [-0.2, -0.15) is 0 Å². The highest BCUT2D eigenvalue weighted by Crippen LogP contribution is 2.34. The van der Waals surface area contributed by atoms with Gasteiger partial charge in [-0.15, -0.1) is 0 Å². The highest BCUT2D eigenvalue weighted by molar-refractivity contribution is 5.87. The molecule has 1 atom stereocenters. The summed E-state index contributed by atoms with van der Waals surface area (Å²) in [5, 5.41) is 9.52. The van der Waals surface area contributed by atoms with E-state index in [1.54, 1.807) is 4.90 Å². The van der Waals surface area contributed by atoms with Crippen LogP contribution in [0.15, 0.2) is 0 Å². The van der Waals surface area contributed by atoms with Crippen LogP contribution in [0.5, 0.6) is 0 Å². The molecule has 1 saturated heterocycles. The molecule has 0 aromatic rings. The van der Waals surface area contributed by atoms with Crippen LogP contribution in [0.4, 0.5) is 0 Å². The fraction of sp³-hybridized carbons (Fsp3) is 0.857. The number of hydrogen-bond acceptors (Lipinski definition) is 3. The van der Waals surface area contributed by atoms with E-state index in [1.165, 1.54) is 0 Å². The van der Waals surface area contributed by atoms with Crippen molar-refractivity contribution in [3.05, 3.63) is 0 Å². The van der Waals surface area contributed by atoms with E-state index in [-0.39, 0.29) is 5.91 Å². The van der Waals surface area contributed by atoms with Crippen LogP contribution in [-0.2, 0) is 9.59 Å². The van der Waals surface area contributed by atoms with Crippen LogP contribution < -0.4 is 5.73 Å². The molecule has 0 aromatic carbocycles. The van der Waals surface area contributed by atoms with Gasteiger partial charge in [0, 0.05) is 18.5 Å². The predicted molar refractivity (Wildman–Crippen MR) is 73.7 cm³/mol. The Kier molecular flexibility index (Phi) is 4.96. The van der Waals surface area contributed by atoms with Gasteiger partial charge in [0.15, 0.2) is 0 Å². The quantitative estimate of drug-likeness (QED) is 0.770. The van der Waals surface area contributed by atoms with Crippen molar-refractivity contribution in [3.63, 3.8) is 0 Å². The van der Waals surface area contributed by atoms with Gasteiger partial charge in [-0.1, -0.05) is 13.3 Å². The lowest BCUT2D eigenvalue weighted by molar-refractivity contribution is -0.157. The van der Waals surface area contributed by atoms with E-state index < -0.39 is 17.0 Å². The summed E-state index contributed by atoms with van der Waals surface area (Å²) in [6.07, 6.45) is 3.52. The molecule has 0 saturated carbocycles. The zero-order chi connectivity index (χ0) is 14.7. The third kappa shape index (κ3) is 3.69. The van der Waals surface area contributed by atoms with Crippen molar-refractivity contribution < 1.29 is 14.7 Å². The Hall–Kier alpha value is -1.10. The van der Waals surface area contributed by atoms with E-state index in [0.717, 1.165) is 12.8 Å². The summed E-state index contributed by atoms with van der Waals surface area (Å²) in [4.78, 5) is 25.5. The van der Waals surface area contributed by atoms with Crippen LogP contribution in [-0.4, -0.2) is 39.5 Å². The minimum absolute atomic E-state index is 0.0770. The zero-order valence-corrected chi connectivity index (χ0v) is 12.2. The molecule has 0 aromatic heterocycles. The molecule has 1 amide bonds. The number of likely N-dealkylation sites (tertiary alicyclic amines) is 1. The number of carboxylic acids is 1. The fourth-order valence-electron chi connectivity index (χ4n) is 2.81. The first-order chi connectivity index (χ1) is 8.73. The third-order valence-electron chi connectivity index (χ3n) is 3.83. The summed E-state index contributed by atoms with van der Waals surface area (Å²) >= 11 is 0. The molecule has 1 heterocycles. The maximum Gasteiger partial charge on any atom is 0.329 e. The van der Waals surface area contributed by atoms with E-state index in [1.807, 2.05) is 20.8 Å². The van der Waals surface area contributed by atoms with E-state index in [0.29, 0.717) is 32.2 Å². The minimum atomic E-state index is -0.982. The number of hydrogen-bond donors (Lipinski definition) is 2.